The number of aromatic amines is 1. The van der Waals surface area contributed by atoms with Gasteiger partial charge in [-0.05, 0) is 29.8 Å². The number of benzene rings is 2. The Morgan fingerprint density at radius 2 is 1.74 bits per heavy atom. The van der Waals surface area contributed by atoms with Crippen LogP contribution in [0.15, 0.2) is 65.6 Å². The number of hydrogen-bond donors (Lipinski definition) is 4. The van der Waals surface area contributed by atoms with Gasteiger partial charge in [-0.3, -0.25) is 14.4 Å². The maximum Gasteiger partial charge on any atom is 0.418 e. The molecule has 0 saturated carbocycles. The number of amides is 2. The van der Waals surface area contributed by atoms with Crippen molar-refractivity contribution < 1.29 is 27.9 Å². The smallest absolute Gasteiger partial charge is 0.387 e. The second kappa shape index (κ2) is 11.6. The summed E-state index contributed by atoms with van der Waals surface area (Å²) in [5.74, 6) is -1.05. The number of aliphatic hydroxyl groups is 1. The minimum Gasteiger partial charge on any atom is -0.387 e. The Hall–Kier alpha value is -4.32. The molecule has 12 heteroatoms. The predicted molar refractivity (Wildman–Crippen MR) is 141 cm³/mol. The first-order valence-electron chi connectivity index (χ1n) is 12.3. The summed E-state index contributed by atoms with van der Waals surface area (Å²) in [6.45, 7) is 2.47. The van der Waals surface area contributed by atoms with Crippen molar-refractivity contribution in [2.24, 2.45) is 0 Å². The molecule has 3 aromatic rings. The van der Waals surface area contributed by atoms with Gasteiger partial charge in [0.25, 0.3) is 11.5 Å². The Morgan fingerprint density at radius 1 is 1.05 bits per heavy atom. The number of H-pyrrole nitrogens is 1. The number of anilines is 3. The van der Waals surface area contributed by atoms with Crippen LogP contribution in [0.1, 0.15) is 34.5 Å². The lowest BCUT2D eigenvalue weighted by Gasteiger charge is -2.36. The molecule has 1 atom stereocenters. The number of aromatic nitrogens is 1. The highest BCUT2D eigenvalue weighted by Crippen LogP contribution is 2.38. The molecule has 2 amide bonds. The summed E-state index contributed by atoms with van der Waals surface area (Å²) < 4.78 is 42.0. The molecule has 1 aliphatic rings. The highest BCUT2D eigenvalue weighted by Gasteiger charge is 2.36. The van der Waals surface area contributed by atoms with Gasteiger partial charge in [0.1, 0.15) is 5.56 Å². The molecule has 4 N–H and O–H groups in total. The number of carbonyl (C=O) groups is 2. The summed E-state index contributed by atoms with van der Waals surface area (Å²) in [6.07, 6.45) is -4.32. The summed E-state index contributed by atoms with van der Waals surface area (Å²) in [6, 6.07) is 13.6. The van der Waals surface area contributed by atoms with Crippen molar-refractivity contribution in [3.8, 4) is 0 Å². The van der Waals surface area contributed by atoms with Crippen LogP contribution in [-0.4, -0.2) is 59.5 Å². The zero-order valence-corrected chi connectivity index (χ0v) is 21.1. The first kappa shape index (κ1) is 27.7. The second-order valence-corrected chi connectivity index (χ2v) is 9.08. The number of alkyl halides is 3. The average Bonchev–Trinajstić information content (AvgIpc) is 2.91. The SMILES string of the molecule is CC(=O)N1CCN(c2ccc(NC(=O)c3c(NC[C@@H](O)c4ccccc4)cc[nH]c3=O)cc2C(F)(F)F)CC1. The van der Waals surface area contributed by atoms with Crippen LogP contribution in [0.2, 0.25) is 0 Å². The van der Waals surface area contributed by atoms with E-state index in [0.717, 1.165) is 6.07 Å². The van der Waals surface area contributed by atoms with Crippen LogP contribution in [0.5, 0.6) is 0 Å². The van der Waals surface area contributed by atoms with E-state index in [1.54, 1.807) is 40.1 Å². The number of nitrogens with zero attached hydrogens (tertiary/aromatic N) is 2. The third kappa shape index (κ3) is 6.58. The topological polar surface area (TPSA) is 118 Å². The van der Waals surface area contributed by atoms with Gasteiger partial charge in [0.2, 0.25) is 5.91 Å². The van der Waals surface area contributed by atoms with E-state index in [0.29, 0.717) is 18.7 Å². The van der Waals surface area contributed by atoms with E-state index in [1.807, 2.05) is 0 Å². The van der Waals surface area contributed by atoms with Gasteiger partial charge >= 0.3 is 6.18 Å². The summed E-state index contributed by atoms with van der Waals surface area (Å²) in [5.41, 5.74) is -1.48. The standard InChI is InChI=1S/C27H28F3N5O4/c1-17(36)34-11-13-35(14-12-34)22-8-7-19(15-20(22)27(28,29)30)33-26(39)24-21(9-10-31-25(24)38)32-16-23(37)18-5-3-2-4-6-18/h2-10,15,23,37H,11-14,16H2,1H3,(H,33,39)(H2,31,32,38)/t23-/m1/s1. The summed E-state index contributed by atoms with van der Waals surface area (Å²) in [4.78, 5) is 42.6. The monoisotopic (exact) mass is 543 g/mol. The third-order valence-electron chi connectivity index (χ3n) is 6.48. The number of hydrogen-bond acceptors (Lipinski definition) is 6. The fourth-order valence-corrected chi connectivity index (χ4v) is 4.42. The third-order valence-corrected chi connectivity index (χ3v) is 6.48. The summed E-state index contributed by atoms with van der Waals surface area (Å²) in [7, 11) is 0. The zero-order chi connectivity index (χ0) is 28.2. The van der Waals surface area contributed by atoms with E-state index in [1.165, 1.54) is 31.3 Å². The Balaban J connectivity index is 1.53. The number of halogens is 3. The van der Waals surface area contributed by atoms with E-state index in [2.05, 4.69) is 15.6 Å². The molecule has 0 aliphatic carbocycles. The van der Waals surface area contributed by atoms with Crippen molar-refractivity contribution >= 4 is 28.9 Å². The van der Waals surface area contributed by atoms with Crippen molar-refractivity contribution in [1.29, 1.82) is 0 Å². The Kier molecular flexibility index (Phi) is 8.24. The van der Waals surface area contributed by atoms with Crippen LogP contribution >= 0.6 is 0 Å². The number of rotatable bonds is 7. The molecule has 0 bridgehead atoms. The maximum atomic E-state index is 14.0. The lowest BCUT2D eigenvalue weighted by molar-refractivity contribution is -0.137. The molecule has 2 heterocycles. The molecular weight excluding hydrogens is 515 g/mol. The summed E-state index contributed by atoms with van der Waals surface area (Å²) >= 11 is 0. The molecule has 2 aromatic carbocycles. The van der Waals surface area contributed by atoms with Gasteiger partial charge in [-0.15, -0.1) is 0 Å². The molecule has 4 rings (SSSR count). The van der Waals surface area contributed by atoms with Crippen LogP contribution in [0.3, 0.4) is 0 Å². The van der Waals surface area contributed by atoms with Crippen molar-refractivity contribution in [2.45, 2.75) is 19.2 Å². The van der Waals surface area contributed by atoms with Crippen LogP contribution in [0, 0.1) is 0 Å². The number of carbonyl (C=O) groups excluding carboxylic acids is 2. The Bertz CT molecular complexity index is 1390. The summed E-state index contributed by atoms with van der Waals surface area (Å²) in [5, 5.41) is 15.7. The van der Waals surface area contributed by atoms with Gasteiger partial charge in [0, 0.05) is 57.2 Å². The van der Waals surface area contributed by atoms with Crippen LogP contribution < -0.4 is 21.1 Å². The molecule has 206 valence electrons. The lowest BCUT2D eigenvalue weighted by atomic mass is 10.1. The van der Waals surface area contributed by atoms with Gasteiger partial charge in [0.15, 0.2) is 0 Å². The fourth-order valence-electron chi connectivity index (χ4n) is 4.42. The van der Waals surface area contributed by atoms with Gasteiger partial charge in [-0.25, -0.2) is 0 Å². The second-order valence-electron chi connectivity index (χ2n) is 9.08. The maximum absolute atomic E-state index is 14.0. The minimum atomic E-state index is -4.71. The van der Waals surface area contributed by atoms with Crippen molar-refractivity contribution in [3.63, 3.8) is 0 Å². The van der Waals surface area contributed by atoms with E-state index < -0.39 is 29.3 Å². The van der Waals surface area contributed by atoms with Crippen LogP contribution in [0.25, 0.3) is 0 Å². The minimum absolute atomic E-state index is 0.0163. The molecule has 0 spiro atoms. The van der Waals surface area contributed by atoms with Crippen LogP contribution in [0.4, 0.5) is 30.2 Å². The molecule has 0 radical (unpaired) electrons. The highest BCUT2D eigenvalue weighted by atomic mass is 19.4. The first-order chi connectivity index (χ1) is 18.5. The number of piperazine rings is 1. The van der Waals surface area contributed by atoms with Gasteiger partial charge in [0.05, 0.1) is 17.4 Å². The largest absolute Gasteiger partial charge is 0.418 e. The molecule has 1 aliphatic heterocycles. The zero-order valence-electron chi connectivity index (χ0n) is 21.1. The fraction of sp³-hybridized carbons (Fsp3) is 0.296. The van der Waals surface area contributed by atoms with E-state index >= 15 is 0 Å². The molecule has 1 saturated heterocycles. The average molecular weight is 544 g/mol. The molecule has 0 unspecified atom stereocenters. The van der Waals surface area contributed by atoms with E-state index in [4.69, 9.17) is 0 Å². The first-order valence-corrected chi connectivity index (χ1v) is 12.3. The number of nitrogens with one attached hydrogen (secondary N) is 3. The quantitative estimate of drug-likeness (QED) is 0.363. The molecular formula is C27H28F3N5O4. The van der Waals surface area contributed by atoms with Crippen molar-refractivity contribution in [1.82, 2.24) is 9.88 Å². The normalized spacial score (nSPS) is 14.6. The molecule has 1 fully saturated rings. The number of pyridine rings is 1. The molecule has 39 heavy (non-hydrogen) atoms. The van der Waals surface area contributed by atoms with E-state index in [9.17, 15) is 32.7 Å². The van der Waals surface area contributed by atoms with E-state index in [-0.39, 0.29) is 48.2 Å². The van der Waals surface area contributed by atoms with Crippen LogP contribution in [-0.2, 0) is 11.0 Å². The predicted octanol–water partition coefficient (Wildman–Crippen LogP) is 3.46. The lowest BCUT2D eigenvalue weighted by Crippen LogP contribution is -2.48. The van der Waals surface area contributed by atoms with Gasteiger partial charge in [-0.2, -0.15) is 13.2 Å². The molecule has 1 aromatic heterocycles. The Morgan fingerprint density at radius 3 is 2.38 bits per heavy atom. The van der Waals surface area contributed by atoms with Gasteiger partial charge in [-0.1, -0.05) is 30.3 Å². The molecule has 9 nitrogen and oxygen atoms in total. The van der Waals surface area contributed by atoms with Gasteiger partial charge < -0.3 is 30.5 Å². The number of aliphatic hydroxyl groups excluding tert-OH is 1. The highest BCUT2D eigenvalue weighted by molar-refractivity contribution is 6.07. The Labute approximate surface area is 222 Å². The van der Waals surface area contributed by atoms with Crippen molar-refractivity contribution in [3.05, 3.63) is 87.8 Å². The van der Waals surface area contributed by atoms with Crippen molar-refractivity contribution in [2.75, 3.05) is 48.3 Å².